The summed E-state index contributed by atoms with van der Waals surface area (Å²) in [6.07, 6.45) is 8.59. The maximum absolute atomic E-state index is 3.84. The molecule has 3 nitrogen and oxygen atoms in total. The summed E-state index contributed by atoms with van der Waals surface area (Å²) in [7, 11) is 0. The Morgan fingerprint density at radius 3 is 2.76 bits per heavy atom. The van der Waals surface area contributed by atoms with E-state index in [0.29, 0.717) is 0 Å². The molecule has 3 heteroatoms. The summed E-state index contributed by atoms with van der Waals surface area (Å²) in [6, 6.07) is 3.45. The number of hydrogen-bond acceptors (Lipinski definition) is 3. The Labute approximate surface area is 104 Å². The second kappa shape index (κ2) is 4.22. The van der Waals surface area contributed by atoms with E-state index in [2.05, 4.69) is 15.5 Å². The van der Waals surface area contributed by atoms with Crippen molar-refractivity contribution in [3.05, 3.63) is 0 Å². The van der Waals surface area contributed by atoms with Crippen molar-refractivity contribution in [2.24, 2.45) is 5.92 Å². The van der Waals surface area contributed by atoms with E-state index in [1.54, 1.807) is 0 Å². The Balaban J connectivity index is 1.23. The van der Waals surface area contributed by atoms with Crippen LogP contribution in [-0.4, -0.2) is 48.7 Å². The van der Waals surface area contributed by atoms with Gasteiger partial charge in [0.25, 0.3) is 0 Å². The molecule has 1 saturated carbocycles. The molecule has 0 spiro atoms. The third-order valence-electron chi connectivity index (χ3n) is 5.38. The lowest BCUT2D eigenvalue weighted by Gasteiger charge is -2.23. The van der Waals surface area contributed by atoms with Crippen LogP contribution in [-0.2, 0) is 0 Å². The number of hydrogen-bond donors (Lipinski definition) is 2. The number of likely N-dealkylation sites (tertiary alicyclic amines) is 1. The van der Waals surface area contributed by atoms with Gasteiger partial charge in [-0.2, -0.15) is 0 Å². The minimum Gasteiger partial charge on any atom is -0.312 e. The highest BCUT2D eigenvalue weighted by atomic mass is 15.2. The molecule has 4 unspecified atom stereocenters. The maximum atomic E-state index is 3.84. The zero-order valence-corrected chi connectivity index (χ0v) is 10.7. The van der Waals surface area contributed by atoms with Crippen molar-refractivity contribution < 1.29 is 0 Å². The van der Waals surface area contributed by atoms with Crippen LogP contribution in [0.4, 0.5) is 0 Å². The van der Waals surface area contributed by atoms with Crippen LogP contribution >= 0.6 is 0 Å². The summed E-state index contributed by atoms with van der Waals surface area (Å²) in [5.41, 5.74) is 0. The second-order valence-corrected chi connectivity index (χ2v) is 6.66. The molecule has 17 heavy (non-hydrogen) atoms. The van der Waals surface area contributed by atoms with Gasteiger partial charge in [-0.15, -0.1) is 0 Å². The summed E-state index contributed by atoms with van der Waals surface area (Å²) in [6.45, 7) is 3.92. The first-order valence-corrected chi connectivity index (χ1v) is 7.62. The molecule has 0 amide bonds. The van der Waals surface area contributed by atoms with E-state index in [0.717, 1.165) is 30.1 Å². The van der Waals surface area contributed by atoms with Gasteiger partial charge in [0.2, 0.25) is 0 Å². The lowest BCUT2D eigenvalue weighted by atomic mass is 9.89. The molecule has 96 valence electrons. The van der Waals surface area contributed by atoms with Crippen molar-refractivity contribution >= 4 is 0 Å². The van der Waals surface area contributed by atoms with Crippen molar-refractivity contribution in [1.82, 2.24) is 15.5 Å². The molecule has 3 aliphatic heterocycles. The highest BCUT2D eigenvalue weighted by molar-refractivity contribution is 4.99. The molecule has 4 fully saturated rings. The van der Waals surface area contributed by atoms with Crippen LogP contribution in [0, 0.1) is 5.92 Å². The SMILES string of the molecule is C1CN(C2CC2)CC1NCC1CC2CCC1N2. The zero-order chi connectivity index (χ0) is 11.2. The van der Waals surface area contributed by atoms with Crippen molar-refractivity contribution in [2.75, 3.05) is 19.6 Å². The number of fused-ring (bicyclic) bond motifs is 2. The van der Waals surface area contributed by atoms with Crippen LogP contribution in [0.3, 0.4) is 0 Å². The summed E-state index contributed by atoms with van der Waals surface area (Å²) < 4.78 is 0. The van der Waals surface area contributed by atoms with E-state index in [1.807, 2.05) is 0 Å². The Hall–Kier alpha value is -0.120. The largest absolute Gasteiger partial charge is 0.312 e. The van der Waals surface area contributed by atoms with Crippen LogP contribution in [0.5, 0.6) is 0 Å². The Morgan fingerprint density at radius 2 is 2.06 bits per heavy atom. The predicted molar refractivity (Wildman–Crippen MR) is 69.1 cm³/mol. The van der Waals surface area contributed by atoms with E-state index < -0.39 is 0 Å². The van der Waals surface area contributed by atoms with Crippen molar-refractivity contribution in [3.8, 4) is 0 Å². The van der Waals surface area contributed by atoms with Crippen LogP contribution in [0.25, 0.3) is 0 Å². The zero-order valence-electron chi connectivity index (χ0n) is 10.7. The predicted octanol–water partition coefficient (Wildman–Crippen LogP) is 0.953. The summed E-state index contributed by atoms with van der Waals surface area (Å²) in [5, 5.41) is 7.58. The molecule has 4 aliphatic rings. The van der Waals surface area contributed by atoms with Crippen LogP contribution < -0.4 is 10.6 Å². The third-order valence-corrected chi connectivity index (χ3v) is 5.38. The van der Waals surface area contributed by atoms with Gasteiger partial charge in [-0.1, -0.05) is 0 Å². The third kappa shape index (κ3) is 2.13. The standard InChI is InChI=1S/C14H25N3/c1-4-14-10(7-11(1)16-14)8-15-12-5-6-17(9-12)13-2-3-13/h10-16H,1-9H2. The number of nitrogens with zero attached hydrogens (tertiary/aromatic N) is 1. The topological polar surface area (TPSA) is 27.3 Å². The monoisotopic (exact) mass is 235 g/mol. The molecule has 0 aromatic carbocycles. The Kier molecular flexibility index (Phi) is 2.67. The molecule has 0 radical (unpaired) electrons. The molecule has 2 N–H and O–H groups in total. The van der Waals surface area contributed by atoms with E-state index in [4.69, 9.17) is 0 Å². The van der Waals surface area contributed by atoms with Gasteiger partial charge in [-0.05, 0) is 51.0 Å². The fourth-order valence-corrected chi connectivity index (χ4v) is 4.21. The molecule has 3 heterocycles. The van der Waals surface area contributed by atoms with Gasteiger partial charge in [0, 0.05) is 37.3 Å². The Bertz CT molecular complexity index is 289. The van der Waals surface area contributed by atoms with E-state index in [9.17, 15) is 0 Å². The average molecular weight is 235 g/mol. The normalized spacial score (nSPS) is 45.9. The summed E-state index contributed by atoms with van der Waals surface area (Å²) in [5.74, 6) is 0.920. The van der Waals surface area contributed by atoms with Crippen LogP contribution in [0.15, 0.2) is 0 Å². The number of rotatable bonds is 4. The van der Waals surface area contributed by atoms with E-state index in [-0.39, 0.29) is 0 Å². The van der Waals surface area contributed by atoms with Gasteiger partial charge >= 0.3 is 0 Å². The van der Waals surface area contributed by atoms with Crippen molar-refractivity contribution in [3.63, 3.8) is 0 Å². The molecular formula is C14H25N3. The first-order valence-electron chi connectivity index (χ1n) is 7.62. The van der Waals surface area contributed by atoms with Gasteiger partial charge in [-0.25, -0.2) is 0 Å². The number of nitrogens with one attached hydrogen (secondary N) is 2. The highest BCUT2D eigenvalue weighted by Crippen LogP contribution is 2.33. The molecule has 0 aromatic heterocycles. The van der Waals surface area contributed by atoms with Gasteiger partial charge in [-0.3, -0.25) is 4.90 Å². The lowest BCUT2D eigenvalue weighted by molar-refractivity contribution is 0.309. The average Bonchev–Trinajstić information content (AvgIpc) is 2.80. The quantitative estimate of drug-likeness (QED) is 0.760. The minimum absolute atomic E-state index is 0.787. The Morgan fingerprint density at radius 1 is 1.12 bits per heavy atom. The first-order chi connectivity index (χ1) is 8.38. The van der Waals surface area contributed by atoms with Gasteiger partial charge in [0.05, 0.1) is 0 Å². The molecular weight excluding hydrogens is 210 g/mol. The molecule has 1 aliphatic carbocycles. The maximum Gasteiger partial charge on any atom is 0.0207 e. The van der Waals surface area contributed by atoms with E-state index >= 15 is 0 Å². The van der Waals surface area contributed by atoms with Gasteiger partial charge in [0.15, 0.2) is 0 Å². The molecule has 4 atom stereocenters. The molecule has 2 bridgehead atoms. The van der Waals surface area contributed by atoms with Crippen molar-refractivity contribution in [1.29, 1.82) is 0 Å². The summed E-state index contributed by atoms with van der Waals surface area (Å²) >= 11 is 0. The van der Waals surface area contributed by atoms with Crippen molar-refractivity contribution in [2.45, 2.75) is 62.7 Å². The summed E-state index contributed by atoms with van der Waals surface area (Å²) in [4.78, 5) is 2.71. The molecule has 3 saturated heterocycles. The van der Waals surface area contributed by atoms with Crippen LogP contribution in [0.2, 0.25) is 0 Å². The fourth-order valence-electron chi connectivity index (χ4n) is 4.21. The lowest BCUT2D eigenvalue weighted by Crippen LogP contribution is -2.39. The minimum atomic E-state index is 0.787. The molecule has 4 rings (SSSR count). The highest BCUT2D eigenvalue weighted by Gasteiger charge is 2.39. The first kappa shape index (κ1) is 10.8. The van der Waals surface area contributed by atoms with Gasteiger partial charge < -0.3 is 10.6 Å². The van der Waals surface area contributed by atoms with Gasteiger partial charge in [0.1, 0.15) is 0 Å². The fraction of sp³-hybridized carbons (Fsp3) is 1.00. The van der Waals surface area contributed by atoms with E-state index in [1.165, 1.54) is 58.2 Å². The molecule has 0 aromatic rings. The van der Waals surface area contributed by atoms with Crippen LogP contribution in [0.1, 0.15) is 38.5 Å². The second-order valence-electron chi connectivity index (χ2n) is 6.66. The smallest absolute Gasteiger partial charge is 0.0207 e.